The first kappa shape index (κ1) is 20.1. The summed E-state index contributed by atoms with van der Waals surface area (Å²) in [6.45, 7) is 0.979. The van der Waals surface area contributed by atoms with E-state index in [0.717, 1.165) is 25.8 Å². The minimum atomic E-state index is -0.113. The van der Waals surface area contributed by atoms with Crippen molar-refractivity contribution in [3.8, 4) is 0 Å². The number of amides is 2. The van der Waals surface area contributed by atoms with E-state index in [1.165, 1.54) is 24.8 Å². The molecule has 5 heteroatoms. The molecule has 2 amide bonds. The third-order valence-corrected chi connectivity index (χ3v) is 5.07. The number of anilines is 1. The molecule has 5 nitrogen and oxygen atoms in total. The fourth-order valence-corrected chi connectivity index (χ4v) is 3.54. The summed E-state index contributed by atoms with van der Waals surface area (Å²) in [5, 5.41) is 9.12. The van der Waals surface area contributed by atoms with Crippen molar-refractivity contribution < 1.29 is 9.59 Å². The highest BCUT2D eigenvalue weighted by molar-refractivity contribution is 5.97. The van der Waals surface area contributed by atoms with Gasteiger partial charge in [0.05, 0.1) is 6.54 Å². The van der Waals surface area contributed by atoms with Gasteiger partial charge in [-0.1, -0.05) is 55.7 Å². The molecular formula is C23H29N3O2. The van der Waals surface area contributed by atoms with Gasteiger partial charge in [-0.3, -0.25) is 9.59 Å². The van der Waals surface area contributed by atoms with Crippen LogP contribution in [0.5, 0.6) is 0 Å². The van der Waals surface area contributed by atoms with Gasteiger partial charge in [0.1, 0.15) is 0 Å². The van der Waals surface area contributed by atoms with E-state index in [2.05, 4.69) is 28.1 Å². The number of rotatable bonds is 8. The molecule has 1 fully saturated rings. The first-order valence-electron chi connectivity index (χ1n) is 10.2. The molecule has 0 aromatic heterocycles. The second-order valence-electron chi connectivity index (χ2n) is 7.35. The SMILES string of the molecule is O=C(CNCCc1ccccc1)Nc1cccc(C(=O)NC2CCCCC2)c1. The highest BCUT2D eigenvalue weighted by Gasteiger charge is 2.16. The number of nitrogens with one attached hydrogen (secondary N) is 3. The smallest absolute Gasteiger partial charge is 0.251 e. The summed E-state index contributed by atoms with van der Waals surface area (Å²) in [5.41, 5.74) is 2.47. The first-order chi connectivity index (χ1) is 13.7. The van der Waals surface area contributed by atoms with Crippen molar-refractivity contribution in [2.45, 2.75) is 44.6 Å². The Morgan fingerprint density at radius 1 is 0.929 bits per heavy atom. The molecule has 0 bridgehead atoms. The number of hydrogen-bond acceptors (Lipinski definition) is 3. The quantitative estimate of drug-likeness (QED) is 0.615. The van der Waals surface area contributed by atoms with E-state index >= 15 is 0 Å². The van der Waals surface area contributed by atoms with E-state index in [1.807, 2.05) is 18.2 Å². The van der Waals surface area contributed by atoms with Gasteiger partial charge < -0.3 is 16.0 Å². The van der Waals surface area contributed by atoms with Crippen LogP contribution in [0.2, 0.25) is 0 Å². The van der Waals surface area contributed by atoms with Crippen molar-refractivity contribution in [3.63, 3.8) is 0 Å². The monoisotopic (exact) mass is 379 g/mol. The molecule has 1 saturated carbocycles. The van der Waals surface area contributed by atoms with Gasteiger partial charge in [0.2, 0.25) is 5.91 Å². The number of hydrogen-bond donors (Lipinski definition) is 3. The van der Waals surface area contributed by atoms with Crippen LogP contribution in [0, 0.1) is 0 Å². The highest BCUT2D eigenvalue weighted by Crippen LogP contribution is 2.18. The molecule has 0 atom stereocenters. The summed E-state index contributed by atoms with van der Waals surface area (Å²) in [4.78, 5) is 24.6. The predicted molar refractivity (Wildman–Crippen MR) is 112 cm³/mol. The largest absolute Gasteiger partial charge is 0.349 e. The lowest BCUT2D eigenvalue weighted by molar-refractivity contribution is -0.115. The molecule has 2 aromatic rings. The van der Waals surface area contributed by atoms with Crippen molar-refractivity contribution in [2.24, 2.45) is 0 Å². The Labute approximate surface area is 166 Å². The molecule has 0 saturated heterocycles. The van der Waals surface area contributed by atoms with E-state index in [1.54, 1.807) is 24.3 Å². The molecule has 28 heavy (non-hydrogen) atoms. The van der Waals surface area contributed by atoms with Crippen LogP contribution in [-0.2, 0) is 11.2 Å². The fourth-order valence-electron chi connectivity index (χ4n) is 3.54. The van der Waals surface area contributed by atoms with Crippen molar-refractivity contribution in [3.05, 3.63) is 65.7 Å². The molecule has 0 unspecified atom stereocenters. The van der Waals surface area contributed by atoms with E-state index in [4.69, 9.17) is 0 Å². The van der Waals surface area contributed by atoms with Crippen LogP contribution in [0.25, 0.3) is 0 Å². The fraction of sp³-hybridized carbons (Fsp3) is 0.391. The topological polar surface area (TPSA) is 70.2 Å². The molecule has 2 aromatic carbocycles. The Hall–Kier alpha value is -2.66. The zero-order valence-electron chi connectivity index (χ0n) is 16.2. The summed E-state index contributed by atoms with van der Waals surface area (Å²) >= 11 is 0. The summed E-state index contributed by atoms with van der Waals surface area (Å²) in [7, 11) is 0. The average Bonchev–Trinajstić information content (AvgIpc) is 2.73. The van der Waals surface area contributed by atoms with Gasteiger partial charge in [-0.2, -0.15) is 0 Å². The van der Waals surface area contributed by atoms with Crippen LogP contribution >= 0.6 is 0 Å². The van der Waals surface area contributed by atoms with Crippen LogP contribution in [-0.4, -0.2) is 30.9 Å². The van der Waals surface area contributed by atoms with Crippen LogP contribution in [0.1, 0.15) is 48.0 Å². The maximum atomic E-state index is 12.5. The average molecular weight is 380 g/mol. The Bertz CT molecular complexity index is 770. The second kappa shape index (κ2) is 10.6. The molecule has 0 spiro atoms. The molecule has 0 heterocycles. The van der Waals surface area contributed by atoms with Gasteiger partial charge in [-0.25, -0.2) is 0 Å². The maximum absolute atomic E-state index is 12.5. The molecule has 0 radical (unpaired) electrons. The molecule has 148 valence electrons. The van der Waals surface area contributed by atoms with Gasteiger partial charge in [-0.15, -0.1) is 0 Å². The zero-order valence-corrected chi connectivity index (χ0v) is 16.2. The third-order valence-electron chi connectivity index (χ3n) is 5.07. The van der Waals surface area contributed by atoms with Gasteiger partial charge >= 0.3 is 0 Å². The van der Waals surface area contributed by atoms with Gasteiger partial charge in [0, 0.05) is 17.3 Å². The molecule has 3 rings (SSSR count). The lowest BCUT2D eigenvalue weighted by Gasteiger charge is -2.22. The Morgan fingerprint density at radius 2 is 1.71 bits per heavy atom. The standard InChI is InChI=1S/C23H29N3O2/c27-22(17-24-15-14-18-8-3-1-4-9-18)25-21-13-7-10-19(16-21)23(28)26-20-11-5-2-6-12-20/h1,3-4,7-10,13,16,20,24H,2,5-6,11-12,14-15,17H2,(H,25,27)(H,26,28). The summed E-state index contributed by atoms with van der Waals surface area (Å²) in [6, 6.07) is 17.6. The van der Waals surface area contributed by atoms with Crippen molar-refractivity contribution in [2.75, 3.05) is 18.4 Å². The minimum Gasteiger partial charge on any atom is -0.349 e. The van der Waals surface area contributed by atoms with Crippen LogP contribution in [0.4, 0.5) is 5.69 Å². The van der Waals surface area contributed by atoms with Crippen molar-refractivity contribution >= 4 is 17.5 Å². The van der Waals surface area contributed by atoms with Crippen molar-refractivity contribution in [1.29, 1.82) is 0 Å². The molecule has 0 aliphatic heterocycles. The second-order valence-corrected chi connectivity index (χ2v) is 7.35. The van der Waals surface area contributed by atoms with Gasteiger partial charge in [-0.05, 0) is 49.6 Å². The van der Waals surface area contributed by atoms with Crippen LogP contribution < -0.4 is 16.0 Å². The van der Waals surface area contributed by atoms with Gasteiger partial charge in [0.25, 0.3) is 5.91 Å². The van der Waals surface area contributed by atoms with E-state index in [-0.39, 0.29) is 24.4 Å². The lowest BCUT2D eigenvalue weighted by Crippen LogP contribution is -2.36. The zero-order chi connectivity index (χ0) is 19.6. The normalized spacial score (nSPS) is 14.4. The lowest BCUT2D eigenvalue weighted by atomic mass is 9.95. The Balaban J connectivity index is 1.42. The van der Waals surface area contributed by atoms with E-state index < -0.39 is 0 Å². The van der Waals surface area contributed by atoms with Crippen LogP contribution in [0.15, 0.2) is 54.6 Å². The van der Waals surface area contributed by atoms with Gasteiger partial charge in [0.15, 0.2) is 0 Å². The predicted octanol–water partition coefficient (Wildman–Crippen LogP) is 3.52. The summed E-state index contributed by atoms with van der Waals surface area (Å²) in [5.74, 6) is -0.179. The molecule has 1 aliphatic rings. The number of carbonyl (C=O) groups excluding carboxylic acids is 2. The minimum absolute atomic E-state index is 0.0658. The summed E-state index contributed by atoms with van der Waals surface area (Å²) < 4.78 is 0. The number of carbonyl (C=O) groups is 2. The maximum Gasteiger partial charge on any atom is 0.251 e. The number of benzene rings is 2. The molecule has 1 aliphatic carbocycles. The summed E-state index contributed by atoms with van der Waals surface area (Å²) in [6.07, 6.45) is 6.60. The van der Waals surface area contributed by atoms with Crippen LogP contribution in [0.3, 0.4) is 0 Å². The third kappa shape index (κ3) is 6.50. The van der Waals surface area contributed by atoms with E-state index in [9.17, 15) is 9.59 Å². The van der Waals surface area contributed by atoms with E-state index in [0.29, 0.717) is 11.3 Å². The van der Waals surface area contributed by atoms with Crippen molar-refractivity contribution in [1.82, 2.24) is 10.6 Å². The molecule has 3 N–H and O–H groups in total. The first-order valence-corrected chi connectivity index (χ1v) is 10.2. The highest BCUT2D eigenvalue weighted by atomic mass is 16.2. The Kier molecular flexibility index (Phi) is 7.62. The molecular weight excluding hydrogens is 350 g/mol. The Morgan fingerprint density at radius 3 is 2.50 bits per heavy atom.